The summed E-state index contributed by atoms with van der Waals surface area (Å²) < 4.78 is 13.5. The van der Waals surface area contributed by atoms with Crippen LogP contribution in [0, 0.1) is 15.9 Å². The molecule has 0 aliphatic rings. The zero-order valence-corrected chi connectivity index (χ0v) is 10.8. The van der Waals surface area contributed by atoms with Crippen molar-refractivity contribution < 1.29 is 9.31 Å². The van der Waals surface area contributed by atoms with E-state index in [1.54, 1.807) is 12.4 Å². The SMILES string of the molecule is O=[N+]([O-])c1cc(F)cc(Nc2cccc3cnccc23)c1. The van der Waals surface area contributed by atoms with E-state index >= 15 is 0 Å². The van der Waals surface area contributed by atoms with Crippen LogP contribution in [0.25, 0.3) is 10.8 Å². The second kappa shape index (κ2) is 5.16. The van der Waals surface area contributed by atoms with Gasteiger partial charge in [-0.2, -0.15) is 0 Å². The van der Waals surface area contributed by atoms with Crippen LogP contribution in [0.4, 0.5) is 21.5 Å². The number of anilines is 2. The first-order chi connectivity index (χ1) is 10.1. The van der Waals surface area contributed by atoms with Gasteiger partial charge in [0.1, 0.15) is 5.82 Å². The van der Waals surface area contributed by atoms with Crippen molar-refractivity contribution in [2.24, 2.45) is 0 Å². The van der Waals surface area contributed by atoms with E-state index in [9.17, 15) is 14.5 Å². The number of fused-ring (bicyclic) bond motifs is 1. The van der Waals surface area contributed by atoms with Crippen LogP contribution in [0.2, 0.25) is 0 Å². The first-order valence-electron chi connectivity index (χ1n) is 6.18. The second-order valence-electron chi connectivity index (χ2n) is 4.48. The number of benzene rings is 2. The lowest BCUT2D eigenvalue weighted by atomic mass is 10.1. The second-order valence-corrected chi connectivity index (χ2v) is 4.48. The van der Waals surface area contributed by atoms with Gasteiger partial charge in [0, 0.05) is 40.6 Å². The predicted octanol–water partition coefficient (Wildman–Crippen LogP) is 4.03. The Labute approximate surface area is 119 Å². The fraction of sp³-hybridized carbons (Fsp3) is 0. The van der Waals surface area contributed by atoms with E-state index in [4.69, 9.17) is 0 Å². The van der Waals surface area contributed by atoms with Gasteiger partial charge in [-0.05, 0) is 18.2 Å². The van der Waals surface area contributed by atoms with E-state index in [-0.39, 0.29) is 5.69 Å². The van der Waals surface area contributed by atoms with Crippen LogP contribution in [0.15, 0.2) is 54.9 Å². The molecule has 0 amide bonds. The zero-order valence-electron chi connectivity index (χ0n) is 10.8. The van der Waals surface area contributed by atoms with Crippen molar-refractivity contribution in [2.45, 2.75) is 0 Å². The third-order valence-corrected chi connectivity index (χ3v) is 3.05. The zero-order chi connectivity index (χ0) is 14.8. The lowest BCUT2D eigenvalue weighted by Crippen LogP contribution is -1.95. The monoisotopic (exact) mass is 283 g/mol. The fourth-order valence-electron chi connectivity index (χ4n) is 2.14. The van der Waals surface area contributed by atoms with E-state index < -0.39 is 10.7 Å². The van der Waals surface area contributed by atoms with Gasteiger partial charge in [0.25, 0.3) is 5.69 Å². The molecule has 0 saturated carbocycles. The first kappa shape index (κ1) is 13.0. The molecule has 1 aromatic heterocycles. The average Bonchev–Trinajstić information content (AvgIpc) is 2.47. The molecule has 1 heterocycles. The van der Waals surface area contributed by atoms with Gasteiger partial charge >= 0.3 is 0 Å². The molecule has 0 atom stereocenters. The van der Waals surface area contributed by atoms with E-state index in [0.29, 0.717) is 5.69 Å². The summed E-state index contributed by atoms with van der Waals surface area (Å²) in [5.41, 5.74) is 0.764. The molecule has 2 aromatic carbocycles. The minimum atomic E-state index is -0.659. The third kappa shape index (κ3) is 2.64. The Morgan fingerprint density at radius 3 is 2.86 bits per heavy atom. The summed E-state index contributed by atoms with van der Waals surface area (Å²) in [6.45, 7) is 0. The predicted molar refractivity (Wildman–Crippen MR) is 78.1 cm³/mol. The smallest absolute Gasteiger partial charge is 0.274 e. The number of hydrogen-bond donors (Lipinski definition) is 1. The molecular weight excluding hydrogens is 273 g/mol. The van der Waals surface area contributed by atoms with Gasteiger partial charge in [-0.15, -0.1) is 0 Å². The van der Waals surface area contributed by atoms with Gasteiger partial charge < -0.3 is 5.32 Å². The van der Waals surface area contributed by atoms with Crippen LogP contribution in [0.1, 0.15) is 0 Å². The third-order valence-electron chi connectivity index (χ3n) is 3.05. The molecule has 0 saturated heterocycles. The minimum Gasteiger partial charge on any atom is -0.355 e. The summed E-state index contributed by atoms with van der Waals surface area (Å²) in [5, 5.41) is 15.6. The van der Waals surface area contributed by atoms with Crippen LogP contribution < -0.4 is 5.32 Å². The number of nitrogens with zero attached hydrogens (tertiary/aromatic N) is 2. The highest BCUT2D eigenvalue weighted by Crippen LogP contribution is 2.28. The number of rotatable bonds is 3. The van der Waals surface area contributed by atoms with Crippen LogP contribution >= 0.6 is 0 Å². The van der Waals surface area contributed by atoms with Crippen molar-refractivity contribution >= 4 is 27.8 Å². The number of pyridine rings is 1. The maximum absolute atomic E-state index is 13.5. The van der Waals surface area contributed by atoms with Crippen LogP contribution in [-0.4, -0.2) is 9.91 Å². The van der Waals surface area contributed by atoms with E-state index in [1.807, 2.05) is 24.3 Å². The van der Waals surface area contributed by atoms with Crippen molar-refractivity contribution in [2.75, 3.05) is 5.32 Å². The number of aromatic nitrogens is 1. The van der Waals surface area contributed by atoms with Gasteiger partial charge in [-0.25, -0.2) is 4.39 Å². The highest BCUT2D eigenvalue weighted by atomic mass is 19.1. The molecule has 0 spiro atoms. The molecule has 6 heteroatoms. The molecule has 21 heavy (non-hydrogen) atoms. The Balaban J connectivity index is 2.05. The Morgan fingerprint density at radius 1 is 1.19 bits per heavy atom. The normalized spacial score (nSPS) is 10.5. The number of halogens is 1. The first-order valence-corrected chi connectivity index (χ1v) is 6.18. The van der Waals surface area contributed by atoms with E-state index in [0.717, 1.165) is 22.5 Å². The maximum Gasteiger partial charge on any atom is 0.274 e. The molecule has 104 valence electrons. The quantitative estimate of drug-likeness (QED) is 0.582. The molecule has 0 radical (unpaired) electrons. The highest BCUT2D eigenvalue weighted by Gasteiger charge is 2.10. The lowest BCUT2D eigenvalue weighted by molar-refractivity contribution is -0.385. The fourth-order valence-corrected chi connectivity index (χ4v) is 2.14. The Kier molecular flexibility index (Phi) is 3.19. The Morgan fingerprint density at radius 2 is 2.05 bits per heavy atom. The summed E-state index contributed by atoms with van der Waals surface area (Å²) >= 11 is 0. The molecule has 0 fully saturated rings. The Hall–Kier alpha value is -3.02. The topological polar surface area (TPSA) is 68.1 Å². The van der Waals surface area contributed by atoms with Crippen molar-refractivity contribution in [3.8, 4) is 0 Å². The van der Waals surface area contributed by atoms with Crippen molar-refractivity contribution in [1.29, 1.82) is 0 Å². The molecular formula is C15H10FN3O2. The summed E-state index contributed by atoms with van der Waals surface area (Å²) in [6.07, 6.45) is 3.37. The van der Waals surface area contributed by atoms with Gasteiger partial charge in [-0.3, -0.25) is 15.1 Å². The summed E-state index contributed by atoms with van der Waals surface area (Å²) in [4.78, 5) is 14.2. The molecule has 0 aliphatic carbocycles. The minimum absolute atomic E-state index is 0.292. The number of nitro groups is 1. The van der Waals surface area contributed by atoms with Gasteiger partial charge in [0.15, 0.2) is 0 Å². The van der Waals surface area contributed by atoms with Crippen LogP contribution in [-0.2, 0) is 0 Å². The van der Waals surface area contributed by atoms with Gasteiger partial charge in [-0.1, -0.05) is 12.1 Å². The molecule has 5 nitrogen and oxygen atoms in total. The molecule has 0 bridgehead atoms. The molecule has 1 N–H and O–H groups in total. The number of hydrogen-bond acceptors (Lipinski definition) is 4. The lowest BCUT2D eigenvalue weighted by Gasteiger charge is -2.09. The highest BCUT2D eigenvalue weighted by molar-refractivity contribution is 5.94. The van der Waals surface area contributed by atoms with Crippen LogP contribution in [0.3, 0.4) is 0 Å². The molecule has 0 aliphatic heterocycles. The van der Waals surface area contributed by atoms with Crippen LogP contribution in [0.5, 0.6) is 0 Å². The maximum atomic E-state index is 13.5. The van der Waals surface area contributed by atoms with Gasteiger partial charge in [0.2, 0.25) is 0 Å². The van der Waals surface area contributed by atoms with Gasteiger partial charge in [0.05, 0.1) is 11.0 Å². The molecule has 0 unspecified atom stereocenters. The average molecular weight is 283 g/mol. The summed E-state index contributed by atoms with van der Waals surface area (Å²) in [6, 6.07) is 10.8. The number of nitrogens with one attached hydrogen (secondary N) is 1. The van der Waals surface area contributed by atoms with Crippen molar-refractivity contribution in [3.05, 3.63) is 70.8 Å². The summed E-state index contributed by atoms with van der Waals surface area (Å²) in [5.74, 6) is -0.659. The van der Waals surface area contributed by atoms with Crippen molar-refractivity contribution in [3.63, 3.8) is 0 Å². The largest absolute Gasteiger partial charge is 0.355 e. The Bertz CT molecular complexity index is 831. The number of non-ortho nitro benzene ring substituents is 1. The van der Waals surface area contributed by atoms with E-state index in [2.05, 4.69) is 10.3 Å². The molecule has 3 rings (SSSR count). The summed E-state index contributed by atoms with van der Waals surface area (Å²) in [7, 11) is 0. The number of nitro benzene ring substituents is 1. The standard InChI is InChI=1S/C15H10FN3O2/c16-11-6-12(8-13(7-11)19(20)21)18-15-3-1-2-10-9-17-5-4-14(10)15/h1-9,18H. The molecule has 3 aromatic rings. The van der Waals surface area contributed by atoms with Crippen molar-refractivity contribution in [1.82, 2.24) is 4.98 Å². The van der Waals surface area contributed by atoms with E-state index in [1.165, 1.54) is 12.1 Å².